The van der Waals surface area contributed by atoms with Crippen molar-refractivity contribution in [3.8, 4) is 6.07 Å². The molecular weight excluding hydrogens is 250 g/mol. The molecule has 4 heteroatoms. The molecule has 1 atom stereocenters. The molecular formula is C16H17N3O. The molecule has 1 fully saturated rings. The zero-order chi connectivity index (χ0) is 14.0. The third-order valence-electron chi connectivity index (χ3n) is 3.77. The Morgan fingerprint density at radius 1 is 1.45 bits per heavy atom. The van der Waals surface area contributed by atoms with Gasteiger partial charge in [0, 0.05) is 18.5 Å². The second-order valence-corrected chi connectivity index (χ2v) is 5.44. The lowest BCUT2D eigenvalue weighted by atomic mass is 10.0. The van der Waals surface area contributed by atoms with Crippen molar-refractivity contribution >= 4 is 16.7 Å². The molecule has 1 N–H and O–H groups in total. The number of anilines is 1. The van der Waals surface area contributed by atoms with Crippen LogP contribution in [0.3, 0.4) is 0 Å². The predicted molar refractivity (Wildman–Crippen MR) is 78.5 cm³/mol. The Balaban J connectivity index is 1.88. The Hall–Kier alpha value is -2.12. The highest BCUT2D eigenvalue weighted by Gasteiger charge is 2.29. The molecule has 2 aromatic rings. The highest BCUT2D eigenvalue weighted by molar-refractivity contribution is 5.82. The fourth-order valence-corrected chi connectivity index (χ4v) is 2.58. The Kier molecular flexibility index (Phi) is 3.29. The van der Waals surface area contributed by atoms with E-state index in [9.17, 15) is 5.26 Å². The first-order valence-corrected chi connectivity index (χ1v) is 6.88. The van der Waals surface area contributed by atoms with Gasteiger partial charge in [0.1, 0.15) is 11.9 Å². The summed E-state index contributed by atoms with van der Waals surface area (Å²) in [6, 6.07) is 11.9. The molecule has 1 aliphatic rings. The number of benzene rings is 1. The summed E-state index contributed by atoms with van der Waals surface area (Å²) < 4.78 is 5.75. The second-order valence-electron chi connectivity index (χ2n) is 5.44. The van der Waals surface area contributed by atoms with Crippen molar-refractivity contribution in [3.05, 3.63) is 35.9 Å². The van der Waals surface area contributed by atoms with Gasteiger partial charge in [-0.15, -0.1) is 0 Å². The van der Waals surface area contributed by atoms with Crippen molar-refractivity contribution in [2.45, 2.75) is 25.4 Å². The lowest BCUT2D eigenvalue weighted by Crippen LogP contribution is -2.33. The van der Waals surface area contributed by atoms with E-state index < -0.39 is 0 Å². The quantitative estimate of drug-likeness (QED) is 0.928. The third-order valence-corrected chi connectivity index (χ3v) is 3.77. The Morgan fingerprint density at radius 2 is 2.30 bits per heavy atom. The molecule has 1 aromatic carbocycles. The van der Waals surface area contributed by atoms with E-state index in [0.717, 1.165) is 30.4 Å². The molecule has 20 heavy (non-hydrogen) atoms. The minimum Gasteiger partial charge on any atom is -0.373 e. The second kappa shape index (κ2) is 5.10. The van der Waals surface area contributed by atoms with Crippen LogP contribution >= 0.6 is 0 Å². The summed E-state index contributed by atoms with van der Waals surface area (Å²) >= 11 is 0. The smallest absolute Gasteiger partial charge is 0.144 e. The highest BCUT2D eigenvalue weighted by atomic mass is 16.5. The van der Waals surface area contributed by atoms with Crippen LogP contribution in [-0.4, -0.2) is 23.7 Å². The summed E-state index contributed by atoms with van der Waals surface area (Å²) in [5.41, 5.74) is 1.32. The monoisotopic (exact) mass is 267 g/mol. The van der Waals surface area contributed by atoms with E-state index in [-0.39, 0.29) is 5.60 Å². The van der Waals surface area contributed by atoms with Crippen LogP contribution in [0.4, 0.5) is 5.82 Å². The third kappa shape index (κ3) is 2.45. The number of fused-ring (bicyclic) bond motifs is 1. The molecule has 3 rings (SSSR count). The van der Waals surface area contributed by atoms with Gasteiger partial charge in [-0.2, -0.15) is 5.26 Å². The number of hydrogen-bond donors (Lipinski definition) is 1. The summed E-state index contributed by atoms with van der Waals surface area (Å²) in [6.07, 6.45) is 2.13. The van der Waals surface area contributed by atoms with Crippen molar-refractivity contribution in [3.63, 3.8) is 0 Å². The number of rotatable bonds is 3. The van der Waals surface area contributed by atoms with Gasteiger partial charge in [0.25, 0.3) is 0 Å². The van der Waals surface area contributed by atoms with Gasteiger partial charge in [-0.25, -0.2) is 4.98 Å². The van der Waals surface area contributed by atoms with Gasteiger partial charge in [0.05, 0.1) is 16.7 Å². The number of nitrogens with zero attached hydrogens (tertiary/aromatic N) is 2. The molecule has 4 nitrogen and oxygen atoms in total. The van der Waals surface area contributed by atoms with E-state index in [0.29, 0.717) is 17.9 Å². The molecule has 0 amide bonds. The zero-order valence-electron chi connectivity index (χ0n) is 11.5. The van der Waals surface area contributed by atoms with Gasteiger partial charge in [-0.1, -0.05) is 18.2 Å². The average Bonchev–Trinajstić information content (AvgIpc) is 2.91. The van der Waals surface area contributed by atoms with Crippen LogP contribution in [0.1, 0.15) is 25.3 Å². The molecule has 1 unspecified atom stereocenters. The fraction of sp³-hybridized carbons (Fsp3) is 0.375. The fourth-order valence-electron chi connectivity index (χ4n) is 2.58. The number of aromatic nitrogens is 1. The minimum absolute atomic E-state index is 0.153. The average molecular weight is 267 g/mol. The van der Waals surface area contributed by atoms with Crippen LogP contribution < -0.4 is 5.32 Å². The van der Waals surface area contributed by atoms with Gasteiger partial charge < -0.3 is 10.1 Å². The molecule has 102 valence electrons. The van der Waals surface area contributed by atoms with Gasteiger partial charge in [-0.05, 0) is 31.9 Å². The number of nitriles is 1. The molecule has 1 saturated heterocycles. The maximum absolute atomic E-state index is 9.27. The Morgan fingerprint density at radius 3 is 3.05 bits per heavy atom. The minimum atomic E-state index is -0.153. The standard InChI is InChI=1S/C16H17N3O/c1-16(7-4-8-20-16)11-18-15-13(10-17)9-12-5-2-3-6-14(12)19-15/h2-3,5-6,9H,4,7-8,11H2,1H3,(H,18,19). The Labute approximate surface area is 118 Å². The Bertz CT molecular complexity index is 669. The van der Waals surface area contributed by atoms with E-state index in [1.165, 1.54) is 0 Å². The summed E-state index contributed by atoms with van der Waals surface area (Å²) in [5.74, 6) is 0.642. The van der Waals surface area contributed by atoms with Crippen LogP contribution in [0.15, 0.2) is 30.3 Å². The lowest BCUT2D eigenvalue weighted by Gasteiger charge is -2.24. The van der Waals surface area contributed by atoms with Gasteiger partial charge in [-0.3, -0.25) is 0 Å². The van der Waals surface area contributed by atoms with E-state index in [4.69, 9.17) is 4.74 Å². The lowest BCUT2D eigenvalue weighted by molar-refractivity contribution is 0.0315. The van der Waals surface area contributed by atoms with Gasteiger partial charge >= 0.3 is 0 Å². The SMILES string of the molecule is CC1(CNc2nc3ccccc3cc2C#N)CCCO1. The molecule has 1 aliphatic heterocycles. The van der Waals surface area contributed by atoms with Crippen LogP contribution in [0.25, 0.3) is 10.9 Å². The van der Waals surface area contributed by atoms with Crippen LogP contribution in [0.2, 0.25) is 0 Å². The maximum Gasteiger partial charge on any atom is 0.144 e. The van der Waals surface area contributed by atoms with Crippen LogP contribution in [0, 0.1) is 11.3 Å². The summed E-state index contributed by atoms with van der Waals surface area (Å²) in [6.45, 7) is 3.58. The topological polar surface area (TPSA) is 57.9 Å². The first-order chi connectivity index (χ1) is 9.70. The normalized spacial score (nSPS) is 21.8. The van der Waals surface area contributed by atoms with Crippen molar-refractivity contribution in [1.82, 2.24) is 4.98 Å². The first kappa shape index (κ1) is 12.9. The van der Waals surface area contributed by atoms with Crippen molar-refractivity contribution < 1.29 is 4.74 Å². The van der Waals surface area contributed by atoms with Crippen molar-refractivity contribution in [1.29, 1.82) is 5.26 Å². The predicted octanol–water partition coefficient (Wildman–Crippen LogP) is 3.09. The molecule has 0 aliphatic carbocycles. The molecule has 0 radical (unpaired) electrons. The number of nitrogens with one attached hydrogen (secondary N) is 1. The van der Waals surface area contributed by atoms with Crippen molar-refractivity contribution in [2.75, 3.05) is 18.5 Å². The maximum atomic E-state index is 9.27. The van der Waals surface area contributed by atoms with Gasteiger partial charge in [0.15, 0.2) is 0 Å². The van der Waals surface area contributed by atoms with E-state index in [1.807, 2.05) is 30.3 Å². The first-order valence-electron chi connectivity index (χ1n) is 6.88. The molecule has 0 spiro atoms. The van der Waals surface area contributed by atoms with E-state index in [1.54, 1.807) is 0 Å². The highest BCUT2D eigenvalue weighted by Crippen LogP contribution is 2.26. The van der Waals surface area contributed by atoms with Gasteiger partial charge in [0.2, 0.25) is 0 Å². The summed E-state index contributed by atoms with van der Waals surface area (Å²) in [4.78, 5) is 4.55. The van der Waals surface area contributed by atoms with Crippen LogP contribution in [-0.2, 0) is 4.74 Å². The number of para-hydroxylation sites is 1. The number of pyridine rings is 1. The van der Waals surface area contributed by atoms with Crippen LogP contribution in [0.5, 0.6) is 0 Å². The summed E-state index contributed by atoms with van der Waals surface area (Å²) in [5, 5.41) is 13.5. The van der Waals surface area contributed by atoms with E-state index in [2.05, 4.69) is 23.3 Å². The molecule has 2 heterocycles. The molecule has 1 aromatic heterocycles. The van der Waals surface area contributed by atoms with Crippen molar-refractivity contribution in [2.24, 2.45) is 0 Å². The zero-order valence-corrected chi connectivity index (χ0v) is 11.5. The molecule has 0 bridgehead atoms. The number of ether oxygens (including phenoxy) is 1. The number of hydrogen-bond acceptors (Lipinski definition) is 4. The molecule has 0 saturated carbocycles. The largest absolute Gasteiger partial charge is 0.373 e. The summed E-state index contributed by atoms with van der Waals surface area (Å²) in [7, 11) is 0. The van der Waals surface area contributed by atoms with E-state index >= 15 is 0 Å².